The monoisotopic (exact) mass is 240 g/mol. The molecule has 0 radical (unpaired) electrons. The van der Waals surface area contributed by atoms with Crippen LogP contribution in [0.2, 0.25) is 0 Å². The molecule has 0 N–H and O–H groups in total. The van der Waals surface area contributed by atoms with Crippen molar-refractivity contribution in [1.29, 1.82) is 0 Å². The number of epoxide rings is 1. The first kappa shape index (κ1) is 11.4. The molecule has 16 heavy (non-hydrogen) atoms. The predicted molar refractivity (Wildman–Crippen MR) is 60.3 cm³/mol. The van der Waals surface area contributed by atoms with Crippen LogP contribution < -0.4 is 0 Å². The molecule has 3 atom stereocenters. The number of halogens is 1. The molecule has 1 heterocycles. The topological polar surface area (TPSA) is 38.8 Å². The Morgan fingerprint density at radius 3 is 2.69 bits per heavy atom. The summed E-state index contributed by atoms with van der Waals surface area (Å²) in [6, 6.07) is 9.81. The Hall–Kier alpha value is -1.06. The minimum atomic E-state index is -1.29. The maximum absolute atomic E-state index is 11.4. The standard InChI is InChI=1S/C12H13ClO3/c1-8(9-6-4-3-5-7-9)10-12(13,16-10)11(14)15-2/h3-8,10H,1-2H3. The van der Waals surface area contributed by atoms with Crippen molar-refractivity contribution in [2.75, 3.05) is 7.11 Å². The van der Waals surface area contributed by atoms with E-state index >= 15 is 0 Å². The number of carbonyl (C=O) groups excluding carboxylic acids is 1. The van der Waals surface area contributed by atoms with Gasteiger partial charge in [-0.15, -0.1) is 0 Å². The number of hydrogen-bond donors (Lipinski definition) is 0. The molecule has 3 nitrogen and oxygen atoms in total. The first-order valence-electron chi connectivity index (χ1n) is 5.09. The van der Waals surface area contributed by atoms with E-state index in [-0.39, 0.29) is 12.0 Å². The third-order valence-corrected chi connectivity index (χ3v) is 3.31. The minimum Gasteiger partial charge on any atom is -0.466 e. The number of esters is 1. The minimum absolute atomic E-state index is 0.0674. The van der Waals surface area contributed by atoms with E-state index in [1.807, 2.05) is 37.3 Å². The van der Waals surface area contributed by atoms with E-state index in [1.165, 1.54) is 7.11 Å². The number of rotatable bonds is 3. The summed E-state index contributed by atoms with van der Waals surface area (Å²) in [5.74, 6) is -0.459. The van der Waals surface area contributed by atoms with Crippen LogP contribution in [0.5, 0.6) is 0 Å². The van der Waals surface area contributed by atoms with Gasteiger partial charge in [0.25, 0.3) is 5.06 Å². The largest absolute Gasteiger partial charge is 0.466 e. The van der Waals surface area contributed by atoms with E-state index in [2.05, 4.69) is 4.74 Å². The molecular formula is C12H13ClO3. The van der Waals surface area contributed by atoms with Gasteiger partial charge in [-0.25, -0.2) is 4.79 Å². The predicted octanol–water partition coefficient (Wildman–Crippen LogP) is 2.30. The summed E-state index contributed by atoms with van der Waals surface area (Å²) in [4.78, 5) is 11.4. The number of hydrogen-bond acceptors (Lipinski definition) is 3. The van der Waals surface area contributed by atoms with Crippen LogP contribution in [0.25, 0.3) is 0 Å². The lowest BCUT2D eigenvalue weighted by Crippen LogP contribution is -2.24. The molecule has 0 aliphatic carbocycles. The lowest BCUT2D eigenvalue weighted by Gasteiger charge is -2.09. The fraction of sp³-hybridized carbons (Fsp3) is 0.417. The van der Waals surface area contributed by atoms with Gasteiger partial charge in [0.2, 0.25) is 0 Å². The normalized spacial score (nSPS) is 29.6. The third kappa shape index (κ3) is 1.81. The first-order valence-corrected chi connectivity index (χ1v) is 5.47. The van der Waals surface area contributed by atoms with Gasteiger partial charge in [0.15, 0.2) is 0 Å². The highest BCUT2D eigenvalue weighted by Gasteiger charge is 2.65. The van der Waals surface area contributed by atoms with Crippen LogP contribution in [-0.2, 0) is 14.3 Å². The zero-order valence-corrected chi connectivity index (χ0v) is 9.90. The van der Waals surface area contributed by atoms with Gasteiger partial charge in [-0.1, -0.05) is 48.9 Å². The van der Waals surface area contributed by atoms with Crippen molar-refractivity contribution in [1.82, 2.24) is 0 Å². The SMILES string of the molecule is COC(=O)C1(Cl)OC1C(C)c1ccccc1. The lowest BCUT2D eigenvalue weighted by atomic mass is 9.96. The van der Waals surface area contributed by atoms with Crippen LogP contribution in [0.4, 0.5) is 0 Å². The molecule has 1 fully saturated rings. The lowest BCUT2D eigenvalue weighted by molar-refractivity contribution is -0.143. The molecule has 2 rings (SSSR count). The molecule has 0 amide bonds. The summed E-state index contributed by atoms with van der Waals surface area (Å²) < 4.78 is 9.86. The summed E-state index contributed by atoms with van der Waals surface area (Å²) in [5.41, 5.74) is 1.10. The van der Waals surface area contributed by atoms with E-state index in [4.69, 9.17) is 16.3 Å². The summed E-state index contributed by atoms with van der Waals surface area (Å²) in [5, 5.41) is -1.29. The van der Waals surface area contributed by atoms with Gasteiger partial charge in [-0.05, 0) is 5.56 Å². The Bertz CT molecular complexity index is 393. The number of carbonyl (C=O) groups is 1. The summed E-state index contributed by atoms with van der Waals surface area (Å²) in [7, 11) is 1.30. The number of ether oxygens (including phenoxy) is 2. The highest BCUT2D eigenvalue weighted by atomic mass is 35.5. The maximum Gasteiger partial charge on any atom is 0.356 e. The Labute approximate surface area is 99.3 Å². The summed E-state index contributed by atoms with van der Waals surface area (Å²) in [6.07, 6.45) is -0.316. The van der Waals surface area contributed by atoms with Gasteiger partial charge in [0.05, 0.1) is 7.11 Å². The second-order valence-corrected chi connectivity index (χ2v) is 4.44. The van der Waals surface area contributed by atoms with Crippen LogP contribution in [-0.4, -0.2) is 24.2 Å². The van der Waals surface area contributed by atoms with Crippen LogP contribution in [0, 0.1) is 0 Å². The third-order valence-electron chi connectivity index (χ3n) is 2.85. The van der Waals surface area contributed by atoms with Gasteiger partial charge in [0.1, 0.15) is 6.10 Å². The molecule has 1 aromatic carbocycles. The Morgan fingerprint density at radius 2 is 2.12 bits per heavy atom. The number of alkyl halides is 1. The Balaban J connectivity index is 2.10. The molecule has 1 aliphatic rings. The van der Waals surface area contributed by atoms with Gasteiger partial charge >= 0.3 is 5.97 Å². The maximum atomic E-state index is 11.4. The van der Waals surface area contributed by atoms with Gasteiger partial charge in [0, 0.05) is 5.92 Å². The molecule has 4 heteroatoms. The van der Waals surface area contributed by atoms with Crippen LogP contribution >= 0.6 is 11.6 Å². The van der Waals surface area contributed by atoms with E-state index < -0.39 is 11.0 Å². The van der Waals surface area contributed by atoms with E-state index in [0.29, 0.717) is 0 Å². The molecular weight excluding hydrogens is 228 g/mol. The second-order valence-electron chi connectivity index (χ2n) is 3.87. The quantitative estimate of drug-likeness (QED) is 0.462. The van der Waals surface area contributed by atoms with Gasteiger partial charge < -0.3 is 9.47 Å². The van der Waals surface area contributed by atoms with Crippen LogP contribution in [0.1, 0.15) is 18.4 Å². The fourth-order valence-corrected chi connectivity index (χ4v) is 2.17. The Morgan fingerprint density at radius 1 is 1.50 bits per heavy atom. The van der Waals surface area contributed by atoms with Gasteiger partial charge in [-0.2, -0.15) is 0 Å². The van der Waals surface area contributed by atoms with Crippen molar-refractivity contribution in [2.45, 2.75) is 24.0 Å². The first-order chi connectivity index (χ1) is 7.59. The molecule has 3 unspecified atom stereocenters. The van der Waals surface area contributed by atoms with Crippen molar-refractivity contribution < 1.29 is 14.3 Å². The zero-order valence-electron chi connectivity index (χ0n) is 9.14. The molecule has 1 aromatic rings. The molecule has 0 bridgehead atoms. The number of benzene rings is 1. The molecule has 1 aliphatic heterocycles. The average molecular weight is 241 g/mol. The smallest absolute Gasteiger partial charge is 0.356 e. The molecule has 1 saturated heterocycles. The molecule has 0 saturated carbocycles. The van der Waals surface area contributed by atoms with Crippen molar-refractivity contribution >= 4 is 17.6 Å². The van der Waals surface area contributed by atoms with Crippen molar-refractivity contribution in [2.24, 2.45) is 0 Å². The Kier molecular flexibility index (Phi) is 2.91. The van der Waals surface area contributed by atoms with Crippen molar-refractivity contribution in [3.05, 3.63) is 35.9 Å². The molecule has 0 spiro atoms. The summed E-state index contributed by atoms with van der Waals surface area (Å²) >= 11 is 6.01. The van der Waals surface area contributed by atoms with E-state index in [0.717, 1.165) is 5.56 Å². The molecule has 0 aromatic heterocycles. The highest BCUT2D eigenvalue weighted by molar-refractivity contribution is 6.35. The van der Waals surface area contributed by atoms with E-state index in [1.54, 1.807) is 0 Å². The molecule has 86 valence electrons. The van der Waals surface area contributed by atoms with E-state index in [9.17, 15) is 4.79 Å². The fourth-order valence-electron chi connectivity index (χ4n) is 1.81. The zero-order chi connectivity index (χ0) is 11.8. The second kappa shape index (κ2) is 4.07. The van der Waals surface area contributed by atoms with Gasteiger partial charge in [-0.3, -0.25) is 0 Å². The van der Waals surface area contributed by atoms with Crippen LogP contribution in [0.3, 0.4) is 0 Å². The number of methoxy groups -OCH3 is 1. The summed E-state index contributed by atoms with van der Waals surface area (Å²) in [6.45, 7) is 1.98. The van der Waals surface area contributed by atoms with Crippen molar-refractivity contribution in [3.8, 4) is 0 Å². The van der Waals surface area contributed by atoms with Crippen LogP contribution in [0.15, 0.2) is 30.3 Å². The highest BCUT2D eigenvalue weighted by Crippen LogP contribution is 2.49. The average Bonchev–Trinajstić information content (AvgIpc) is 3.02. The van der Waals surface area contributed by atoms with Crippen molar-refractivity contribution in [3.63, 3.8) is 0 Å².